The lowest BCUT2D eigenvalue weighted by Crippen LogP contribution is -2.09. The van der Waals surface area contributed by atoms with Gasteiger partial charge in [0.2, 0.25) is 0 Å². The van der Waals surface area contributed by atoms with Crippen molar-refractivity contribution in [1.82, 2.24) is 9.97 Å². The molecule has 1 unspecified atom stereocenters. The van der Waals surface area contributed by atoms with Gasteiger partial charge in [0.25, 0.3) is 0 Å². The largest absolute Gasteiger partial charge is 0.370 e. The van der Waals surface area contributed by atoms with Gasteiger partial charge < -0.3 is 10.6 Å². The van der Waals surface area contributed by atoms with Crippen LogP contribution in [0.15, 0.2) is 42.7 Å². The van der Waals surface area contributed by atoms with Crippen molar-refractivity contribution >= 4 is 11.6 Å². The van der Waals surface area contributed by atoms with E-state index in [1.54, 1.807) is 6.33 Å². The summed E-state index contributed by atoms with van der Waals surface area (Å²) in [6.07, 6.45) is 5.24. The van der Waals surface area contributed by atoms with Gasteiger partial charge in [-0.15, -0.1) is 0 Å². The van der Waals surface area contributed by atoms with Gasteiger partial charge in [0.05, 0.1) is 0 Å². The fourth-order valence-corrected chi connectivity index (χ4v) is 2.17. The number of nitrogens with zero attached hydrogens (tertiary/aromatic N) is 2. The Morgan fingerprint density at radius 3 is 2.57 bits per heavy atom. The van der Waals surface area contributed by atoms with Gasteiger partial charge in [-0.25, -0.2) is 9.97 Å². The molecule has 0 aliphatic heterocycles. The zero-order chi connectivity index (χ0) is 14.9. The summed E-state index contributed by atoms with van der Waals surface area (Å²) in [6.45, 7) is 5.29. The van der Waals surface area contributed by atoms with Gasteiger partial charge in [-0.1, -0.05) is 50.1 Å². The molecule has 0 saturated heterocycles. The highest BCUT2D eigenvalue weighted by molar-refractivity contribution is 5.47. The molecule has 0 fully saturated rings. The average Bonchev–Trinajstić information content (AvgIpc) is 2.53. The van der Waals surface area contributed by atoms with Gasteiger partial charge in [0, 0.05) is 18.7 Å². The number of unbranched alkanes of at least 4 members (excludes halogenated alkanes) is 2. The summed E-state index contributed by atoms with van der Waals surface area (Å²) in [6, 6.07) is 12.5. The Kier molecular flexibility index (Phi) is 6.00. The fourth-order valence-electron chi connectivity index (χ4n) is 2.17. The van der Waals surface area contributed by atoms with E-state index in [1.165, 1.54) is 24.8 Å². The van der Waals surface area contributed by atoms with E-state index >= 15 is 0 Å². The van der Waals surface area contributed by atoms with Crippen LogP contribution in [0.2, 0.25) is 0 Å². The zero-order valence-electron chi connectivity index (χ0n) is 12.8. The molecule has 0 radical (unpaired) electrons. The van der Waals surface area contributed by atoms with E-state index in [-0.39, 0.29) is 6.04 Å². The molecule has 21 heavy (non-hydrogen) atoms. The smallest absolute Gasteiger partial charge is 0.131 e. The maximum Gasteiger partial charge on any atom is 0.131 e. The molecule has 0 bridgehead atoms. The van der Waals surface area contributed by atoms with Crippen molar-refractivity contribution in [3.63, 3.8) is 0 Å². The Bertz CT molecular complexity index is 527. The molecule has 0 amide bonds. The first-order chi connectivity index (χ1) is 10.3. The van der Waals surface area contributed by atoms with Gasteiger partial charge in [-0.2, -0.15) is 0 Å². The summed E-state index contributed by atoms with van der Waals surface area (Å²) in [7, 11) is 0. The highest BCUT2D eigenvalue weighted by Gasteiger charge is 2.06. The number of nitrogens with one attached hydrogen (secondary N) is 2. The van der Waals surface area contributed by atoms with E-state index in [4.69, 9.17) is 0 Å². The second-order valence-electron chi connectivity index (χ2n) is 5.20. The van der Waals surface area contributed by atoms with Crippen LogP contribution >= 0.6 is 0 Å². The van der Waals surface area contributed by atoms with Crippen molar-refractivity contribution in [2.24, 2.45) is 0 Å². The van der Waals surface area contributed by atoms with Crippen LogP contribution in [0.1, 0.15) is 44.7 Å². The van der Waals surface area contributed by atoms with E-state index in [2.05, 4.69) is 46.6 Å². The van der Waals surface area contributed by atoms with Gasteiger partial charge in [0.15, 0.2) is 0 Å². The predicted octanol–water partition coefficient (Wildman–Crippen LogP) is 4.25. The van der Waals surface area contributed by atoms with Gasteiger partial charge in [0.1, 0.15) is 18.0 Å². The Labute approximate surface area is 127 Å². The zero-order valence-corrected chi connectivity index (χ0v) is 12.8. The molecule has 112 valence electrons. The molecule has 2 rings (SSSR count). The quantitative estimate of drug-likeness (QED) is 0.711. The highest BCUT2D eigenvalue weighted by atomic mass is 15.1. The summed E-state index contributed by atoms with van der Waals surface area (Å²) in [5.74, 6) is 1.73. The van der Waals surface area contributed by atoms with Crippen LogP contribution < -0.4 is 10.6 Å². The highest BCUT2D eigenvalue weighted by Crippen LogP contribution is 2.18. The van der Waals surface area contributed by atoms with Crippen LogP contribution in [-0.4, -0.2) is 16.5 Å². The number of rotatable bonds is 8. The molecule has 2 aromatic rings. The minimum atomic E-state index is 0.217. The molecule has 1 aromatic carbocycles. The number of anilines is 2. The standard InChI is InChI=1S/C17H24N4/c1-3-4-8-11-18-16-12-17(20-13-19-16)21-14(2)15-9-6-5-7-10-15/h5-7,9-10,12-14H,3-4,8,11H2,1-2H3,(H2,18,19,20,21). The minimum Gasteiger partial charge on any atom is -0.370 e. The van der Waals surface area contributed by atoms with Crippen LogP contribution in [0.3, 0.4) is 0 Å². The molecule has 1 atom stereocenters. The van der Waals surface area contributed by atoms with Crippen molar-refractivity contribution < 1.29 is 0 Å². The van der Waals surface area contributed by atoms with Crippen molar-refractivity contribution in [3.05, 3.63) is 48.3 Å². The summed E-state index contributed by atoms with van der Waals surface area (Å²) >= 11 is 0. The van der Waals surface area contributed by atoms with Gasteiger partial charge in [-0.3, -0.25) is 0 Å². The molecule has 0 aliphatic rings. The van der Waals surface area contributed by atoms with Crippen LogP contribution in [-0.2, 0) is 0 Å². The first kappa shape index (κ1) is 15.3. The van der Waals surface area contributed by atoms with Crippen molar-refractivity contribution in [3.8, 4) is 0 Å². The minimum absolute atomic E-state index is 0.217. The molecule has 4 heteroatoms. The lowest BCUT2D eigenvalue weighted by Gasteiger charge is -2.15. The van der Waals surface area contributed by atoms with Crippen LogP contribution in [0.4, 0.5) is 11.6 Å². The third kappa shape index (κ3) is 5.06. The number of hydrogen-bond acceptors (Lipinski definition) is 4. The number of hydrogen-bond donors (Lipinski definition) is 2. The Morgan fingerprint density at radius 1 is 1.05 bits per heavy atom. The third-order valence-electron chi connectivity index (χ3n) is 3.42. The summed E-state index contributed by atoms with van der Waals surface area (Å²) in [5.41, 5.74) is 1.24. The lowest BCUT2D eigenvalue weighted by molar-refractivity contribution is 0.742. The summed E-state index contributed by atoms with van der Waals surface area (Å²) < 4.78 is 0. The second kappa shape index (κ2) is 8.25. The predicted molar refractivity (Wildman–Crippen MR) is 88.5 cm³/mol. The molecule has 1 heterocycles. The molecule has 2 N–H and O–H groups in total. The maximum absolute atomic E-state index is 4.29. The first-order valence-electron chi connectivity index (χ1n) is 7.67. The SMILES string of the molecule is CCCCCNc1cc(NC(C)c2ccccc2)ncn1. The van der Waals surface area contributed by atoms with Gasteiger partial charge >= 0.3 is 0 Å². The molecule has 0 saturated carbocycles. The van der Waals surface area contributed by atoms with Crippen molar-refractivity contribution in [1.29, 1.82) is 0 Å². The second-order valence-corrected chi connectivity index (χ2v) is 5.20. The van der Waals surface area contributed by atoms with E-state index in [0.717, 1.165) is 18.2 Å². The molecule has 1 aromatic heterocycles. The number of benzene rings is 1. The van der Waals surface area contributed by atoms with Crippen molar-refractivity contribution in [2.45, 2.75) is 39.2 Å². The normalized spacial score (nSPS) is 11.9. The summed E-state index contributed by atoms with van der Waals surface area (Å²) in [4.78, 5) is 8.54. The summed E-state index contributed by atoms with van der Waals surface area (Å²) in [5, 5.41) is 6.75. The first-order valence-corrected chi connectivity index (χ1v) is 7.67. The average molecular weight is 284 g/mol. The van der Waals surface area contributed by atoms with E-state index in [0.29, 0.717) is 0 Å². The van der Waals surface area contributed by atoms with Crippen LogP contribution in [0, 0.1) is 0 Å². The lowest BCUT2D eigenvalue weighted by atomic mass is 10.1. The van der Waals surface area contributed by atoms with E-state index in [1.807, 2.05) is 24.3 Å². The molecule has 0 aliphatic carbocycles. The van der Waals surface area contributed by atoms with Crippen LogP contribution in [0.25, 0.3) is 0 Å². The van der Waals surface area contributed by atoms with Gasteiger partial charge in [-0.05, 0) is 18.9 Å². The third-order valence-corrected chi connectivity index (χ3v) is 3.42. The molecule has 0 spiro atoms. The number of aromatic nitrogens is 2. The maximum atomic E-state index is 4.29. The Hall–Kier alpha value is -2.10. The fraction of sp³-hybridized carbons (Fsp3) is 0.412. The van der Waals surface area contributed by atoms with Crippen molar-refractivity contribution in [2.75, 3.05) is 17.2 Å². The van der Waals surface area contributed by atoms with E-state index < -0.39 is 0 Å². The molecular weight excluding hydrogens is 260 g/mol. The van der Waals surface area contributed by atoms with E-state index in [9.17, 15) is 0 Å². The Morgan fingerprint density at radius 2 is 1.81 bits per heavy atom. The Balaban J connectivity index is 1.91. The topological polar surface area (TPSA) is 49.8 Å². The van der Waals surface area contributed by atoms with Crippen LogP contribution in [0.5, 0.6) is 0 Å². The molecule has 4 nitrogen and oxygen atoms in total. The monoisotopic (exact) mass is 284 g/mol. The molecular formula is C17H24N4.